The number of carbonyl (C=O) groups is 1. The minimum Gasteiger partial charge on any atom is -0.385 e. The third-order valence-corrected chi connectivity index (χ3v) is 2.49. The molecule has 0 fully saturated rings. The topological polar surface area (TPSA) is 29.1 Å². The Morgan fingerprint density at radius 3 is 2.33 bits per heavy atom. The monoisotopic (exact) mass is 259 g/mol. The quantitative estimate of drug-likeness (QED) is 0.617. The number of ketones is 1. The molecule has 0 aliphatic rings. The first-order valence-corrected chi connectivity index (χ1v) is 5.86. The first-order chi connectivity index (χ1) is 8.42. The highest BCUT2D eigenvalue weighted by molar-refractivity contribution is 5.96. The molecule has 1 aromatic carbocycles. The van der Waals surface area contributed by atoms with Crippen LogP contribution in [0, 0.1) is 0 Å². The molecule has 2 nitrogen and oxygen atoms in total. The van der Waals surface area contributed by atoms with Crippen LogP contribution in [-0.4, -0.2) is 18.5 Å². The number of alkyl halides is 3. The molecule has 0 aliphatic heterocycles. The van der Waals surface area contributed by atoms with E-state index in [1.54, 1.807) is 31.2 Å². The maximum atomic E-state index is 11.9. The van der Waals surface area contributed by atoms with E-state index in [-0.39, 0.29) is 18.7 Å². The molecule has 5 heteroatoms. The van der Waals surface area contributed by atoms with Gasteiger partial charge in [0, 0.05) is 30.6 Å². The molecule has 0 heterocycles. The van der Waals surface area contributed by atoms with Crippen LogP contribution in [0.2, 0.25) is 0 Å². The highest BCUT2D eigenvalue weighted by atomic mass is 19.4. The van der Waals surface area contributed by atoms with Crippen LogP contribution < -0.4 is 5.32 Å². The van der Waals surface area contributed by atoms with Crippen LogP contribution in [0.1, 0.15) is 36.5 Å². The zero-order valence-electron chi connectivity index (χ0n) is 10.2. The van der Waals surface area contributed by atoms with E-state index in [9.17, 15) is 18.0 Å². The molecular weight excluding hydrogens is 243 g/mol. The number of halogens is 3. The molecule has 0 atom stereocenters. The fourth-order valence-electron chi connectivity index (χ4n) is 1.50. The molecule has 1 aromatic rings. The van der Waals surface area contributed by atoms with Crippen molar-refractivity contribution in [1.82, 2.24) is 0 Å². The largest absolute Gasteiger partial charge is 0.389 e. The first kappa shape index (κ1) is 14.5. The van der Waals surface area contributed by atoms with Gasteiger partial charge in [0.15, 0.2) is 5.78 Å². The lowest BCUT2D eigenvalue weighted by molar-refractivity contribution is -0.134. The zero-order chi connectivity index (χ0) is 13.6. The Labute approximate surface area is 104 Å². The van der Waals surface area contributed by atoms with Crippen LogP contribution in [0.3, 0.4) is 0 Å². The van der Waals surface area contributed by atoms with Crippen molar-refractivity contribution >= 4 is 11.5 Å². The van der Waals surface area contributed by atoms with Gasteiger partial charge in [0.25, 0.3) is 0 Å². The molecule has 0 aromatic heterocycles. The predicted octanol–water partition coefficient (Wildman–Crippen LogP) is 4.03. The van der Waals surface area contributed by atoms with Crippen molar-refractivity contribution in [1.29, 1.82) is 0 Å². The molecule has 0 spiro atoms. The van der Waals surface area contributed by atoms with Crippen molar-refractivity contribution in [3.8, 4) is 0 Å². The first-order valence-electron chi connectivity index (χ1n) is 5.86. The standard InChI is InChI=1S/C13H16F3NO/c1-2-12(18)10-4-6-11(7-5-10)17-9-3-8-13(14,15)16/h4-7,17H,2-3,8-9H2,1H3. The Bertz CT molecular complexity index is 384. The predicted molar refractivity (Wildman–Crippen MR) is 64.8 cm³/mol. The van der Waals surface area contributed by atoms with Crippen LogP contribution in [-0.2, 0) is 0 Å². The molecule has 100 valence electrons. The van der Waals surface area contributed by atoms with Crippen LogP contribution >= 0.6 is 0 Å². The number of rotatable bonds is 6. The number of carbonyl (C=O) groups excluding carboxylic acids is 1. The number of hydrogen-bond acceptors (Lipinski definition) is 2. The van der Waals surface area contributed by atoms with Gasteiger partial charge >= 0.3 is 6.18 Å². The second-order valence-electron chi connectivity index (χ2n) is 4.00. The van der Waals surface area contributed by atoms with Gasteiger partial charge in [0.05, 0.1) is 0 Å². The van der Waals surface area contributed by atoms with E-state index < -0.39 is 12.6 Å². The van der Waals surface area contributed by atoms with Crippen LogP contribution in [0.25, 0.3) is 0 Å². The van der Waals surface area contributed by atoms with Gasteiger partial charge in [-0.05, 0) is 30.7 Å². The summed E-state index contributed by atoms with van der Waals surface area (Å²) < 4.78 is 35.7. The molecular formula is C13H16F3NO. The summed E-state index contributed by atoms with van der Waals surface area (Å²) in [5, 5.41) is 2.89. The maximum Gasteiger partial charge on any atom is 0.389 e. The average molecular weight is 259 g/mol. The minimum absolute atomic E-state index is 0.0408. The highest BCUT2D eigenvalue weighted by Gasteiger charge is 2.25. The number of Topliss-reactive ketones (excluding diaryl/α,β-unsaturated/α-hetero) is 1. The number of hydrogen-bond donors (Lipinski definition) is 1. The van der Waals surface area contributed by atoms with E-state index in [2.05, 4.69) is 5.32 Å². The van der Waals surface area contributed by atoms with E-state index >= 15 is 0 Å². The molecule has 0 saturated heterocycles. The summed E-state index contributed by atoms with van der Waals surface area (Å²) >= 11 is 0. The van der Waals surface area contributed by atoms with E-state index in [1.165, 1.54) is 0 Å². The van der Waals surface area contributed by atoms with Gasteiger partial charge < -0.3 is 5.32 Å². The van der Waals surface area contributed by atoms with Crippen LogP contribution in [0.4, 0.5) is 18.9 Å². The minimum atomic E-state index is -4.10. The summed E-state index contributed by atoms with van der Waals surface area (Å²) in [7, 11) is 0. The van der Waals surface area contributed by atoms with Gasteiger partial charge in [-0.2, -0.15) is 13.2 Å². The zero-order valence-corrected chi connectivity index (χ0v) is 10.2. The SMILES string of the molecule is CCC(=O)c1ccc(NCCCC(F)(F)F)cc1. The van der Waals surface area contributed by atoms with Crippen molar-refractivity contribution in [3.05, 3.63) is 29.8 Å². The van der Waals surface area contributed by atoms with Crippen LogP contribution in [0.5, 0.6) is 0 Å². The van der Waals surface area contributed by atoms with Gasteiger partial charge in [-0.3, -0.25) is 4.79 Å². The lowest BCUT2D eigenvalue weighted by atomic mass is 10.1. The summed E-state index contributed by atoms with van der Waals surface area (Å²) in [6.45, 7) is 2.05. The Kier molecular flexibility index (Phi) is 5.19. The number of anilines is 1. The van der Waals surface area contributed by atoms with Gasteiger partial charge in [-0.25, -0.2) is 0 Å². The molecule has 0 radical (unpaired) electrons. The second kappa shape index (κ2) is 6.42. The molecule has 18 heavy (non-hydrogen) atoms. The summed E-state index contributed by atoms with van der Waals surface area (Å²) in [6.07, 6.45) is -4.40. The molecule has 1 rings (SSSR count). The Morgan fingerprint density at radius 2 is 1.83 bits per heavy atom. The third-order valence-electron chi connectivity index (χ3n) is 2.49. The summed E-state index contributed by atoms with van der Waals surface area (Å²) in [5.41, 5.74) is 1.35. The molecule has 1 N–H and O–H groups in total. The Hall–Kier alpha value is -1.52. The molecule has 0 aliphatic carbocycles. The van der Waals surface area contributed by atoms with E-state index in [4.69, 9.17) is 0 Å². The molecule has 0 saturated carbocycles. The number of nitrogens with one attached hydrogen (secondary N) is 1. The van der Waals surface area contributed by atoms with Crippen molar-refractivity contribution in [2.24, 2.45) is 0 Å². The van der Waals surface area contributed by atoms with Crippen LogP contribution in [0.15, 0.2) is 24.3 Å². The fraction of sp³-hybridized carbons (Fsp3) is 0.462. The third kappa shape index (κ3) is 5.21. The lowest BCUT2D eigenvalue weighted by Crippen LogP contribution is -2.11. The summed E-state index contributed by atoms with van der Waals surface area (Å²) in [4.78, 5) is 11.4. The second-order valence-corrected chi connectivity index (χ2v) is 4.00. The molecule has 0 unspecified atom stereocenters. The van der Waals surface area contributed by atoms with Crippen molar-refractivity contribution in [2.75, 3.05) is 11.9 Å². The Morgan fingerprint density at radius 1 is 1.22 bits per heavy atom. The van der Waals surface area contributed by atoms with Gasteiger partial charge in [0.2, 0.25) is 0 Å². The molecule has 0 amide bonds. The fourth-order valence-corrected chi connectivity index (χ4v) is 1.50. The van der Waals surface area contributed by atoms with Gasteiger partial charge in [0.1, 0.15) is 0 Å². The van der Waals surface area contributed by atoms with Crippen molar-refractivity contribution in [2.45, 2.75) is 32.4 Å². The van der Waals surface area contributed by atoms with Crippen molar-refractivity contribution in [3.63, 3.8) is 0 Å². The highest BCUT2D eigenvalue weighted by Crippen LogP contribution is 2.21. The average Bonchev–Trinajstić information content (AvgIpc) is 2.33. The van der Waals surface area contributed by atoms with E-state index in [0.29, 0.717) is 12.0 Å². The summed E-state index contributed by atoms with van der Waals surface area (Å²) in [5.74, 6) is 0.0543. The van der Waals surface area contributed by atoms with E-state index in [0.717, 1.165) is 5.69 Å². The van der Waals surface area contributed by atoms with Gasteiger partial charge in [-0.1, -0.05) is 6.92 Å². The van der Waals surface area contributed by atoms with Crippen molar-refractivity contribution < 1.29 is 18.0 Å². The van der Waals surface area contributed by atoms with Gasteiger partial charge in [-0.15, -0.1) is 0 Å². The lowest BCUT2D eigenvalue weighted by Gasteiger charge is -2.08. The Balaban J connectivity index is 2.38. The number of benzene rings is 1. The normalized spacial score (nSPS) is 11.3. The molecule has 0 bridgehead atoms. The summed E-state index contributed by atoms with van der Waals surface area (Å²) in [6, 6.07) is 6.77. The smallest absolute Gasteiger partial charge is 0.385 e. The van der Waals surface area contributed by atoms with E-state index in [1.807, 2.05) is 0 Å². The maximum absolute atomic E-state index is 11.9.